The largest absolute Gasteiger partial charge is 0.481 e. The maximum atomic E-state index is 12.0. The fourth-order valence-corrected chi connectivity index (χ4v) is 2.07. The van der Waals surface area contributed by atoms with Crippen LogP contribution in [0.15, 0.2) is 24.3 Å². The van der Waals surface area contributed by atoms with Crippen molar-refractivity contribution in [2.75, 3.05) is 6.54 Å². The molecule has 0 aliphatic carbocycles. The maximum Gasteiger partial charge on any atom is 0.308 e. The van der Waals surface area contributed by atoms with Crippen molar-refractivity contribution in [2.24, 2.45) is 11.8 Å². The van der Waals surface area contributed by atoms with Gasteiger partial charge in [0.2, 0.25) is 0 Å². The van der Waals surface area contributed by atoms with Crippen molar-refractivity contribution in [3.05, 3.63) is 29.8 Å². The first-order chi connectivity index (χ1) is 10.8. The van der Waals surface area contributed by atoms with E-state index in [9.17, 15) is 9.59 Å². The molecule has 1 amide bonds. The summed E-state index contributed by atoms with van der Waals surface area (Å²) in [5, 5.41) is 20.5. The Kier molecular flexibility index (Phi) is 7.07. The summed E-state index contributed by atoms with van der Waals surface area (Å²) >= 11 is 0. The second kappa shape index (κ2) is 8.79. The molecule has 23 heavy (non-hydrogen) atoms. The number of hydrogen-bond acceptors (Lipinski definition) is 4. The first kappa shape index (κ1) is 18.5. The third-order valence-electron chi connectivity index (χ3n) is 3.29. The molecule has 0 radical (unpaired) electrons. The second-order valence-corrected chi connectivity index (χ2v) is 5.81. The van der Waals surface area contributed by atoms with E-state index in [1.165, 1.54) is 0 Å². The minimum atomic E-state index is -0.917. The van der Waals surface area contributed by atoms with E-state index < -0.39 is 18.0 Å². The van der Waals surface area contributed by atoms with Gasteiger partial charge in [-0.3, -0.25) is 9.59 Å². The van der Waals surface area contributed by atoms with Crippen LogP contribution >= 0.6 is 0 Å². The predicted octanol–water partition coefficient (Wildman–Crippen LogP) is 2.19. The van der Waals surface area contributed by atoms with E-state index in [2.05, 4.69) is 5.32 Å². The fraction of sp³-hybridized carbons (Fsp3) is 0.471. The zero-order valence-corrected chi connectivity index (χ0v) is 13.6. The molecule has 6 nitrogen and oxygen atoms in total. The molecule has 0 aromatic heterocycles. The quantitative estimate of drug-likeness (QED) is 0.765. The van der Waals surface area contributed by atoms with Crippen molar-refractivity contribution < 1.29 is 19.4 Å². The molecular weight excluding hydrogens is 296 g/mol. The Bertz CT molecular complexity index is 575. The van der Waals surface area contributed by atoms with Gasteiger partial charge >= 0.3 is 5.97 Å². The Balaban J connectivity index is 2.52. The van der Waals surface area contributed by atoms with Crippen LogP contribution in [-0.4, -0.2) is 29.6 Å². The number of hydrogen-bond donors (Lipinski definition) is 2. The number of carboxylic acid groups (broad SMARTS) is 1. The number of benzene rings is 1. The molecule has 0 saturated carbocycles. The van der Waals surface area contributed by atoms with E-state index in [0.717, 1.165) is 0 Å². The zero-order valence-electron chi connectivity index (χ0n) is 13.6. The van der Waals surface area contributed by atoms with Crippen molar-refractivity contribution in [3.8, 4) is 11.8 Å². The number of carbonyl (C=O) groups excluding carboxylic acids is 1. The minimum absolute atomic E-state index is 0.0768. The summed E-state index contributed by atoms with van der Waals surface area (Å²) in [6.45, 7) is 5.54. The van der Waals surface area contributed by atoms with E-state index in [-0.39, 0.29) is 18.4 Å². The summed E-state index contributed by atoms with van der Waals surface area (Å²) in [6.07, 6.45) is -0.253. The van der Waals surface area contributed by atoms with Gasteiger partial charge in [-0.25, -0.2) is 0 Å². The molecule has 2 unspecified atom stereocenters. The summed E-state index contributed by atoms with van der Waals surface area (Å²) in [6, 6.07) is 8.42. The van der Waals surface area contributed by atoms with Crippen LogP contribution < -0.4 is 10.1 Å². The van der Waals surface area contributed by atoms with Gasteiger partial charge in [-0.2, -0.15) is 5.26 Å². The number of rotatable bonds is 8. The lowest BCUT2D eigenvalue weighted by atomic mass is 9.97. The fourth-order valence-electron chi connectivity index (χ4n) is 2.07. The standard InChI is InChI=1S/C17H22N2O4/c1-11(2)8-14(17(21)22)10-19-16(20)12(3)23-15-6-4-13(9-18)5-7-15/h4-7,11-12,14H,8,10H2,1-3H3,(H,19,20)(H,21,22). The number of carbonyl (C=O) groups is 2. The summed E-state index contributed by atoms with van der Waals surface area (Å²) < 4.78 is 5.48. The highest BCUT2D eigenvalue weighted by molar-refractivity contribution is 5.81. The average molecular weight is 318 g/mol. The molecule has 1 rings (SSSR count). The molecule has 0 spiro atoms. The minimum Gasteiger partial charge on any atom is -0.481 e. The van der Waals surface area contributed by atoms with Gasteiger partial charge in [-0.15, -0.1) is 0 Å². The molecule has 6 heteroatoms. The molecule has 0 saturated heterocycles. The third-order valence-corrected chi connectivity index (χ3v) is 3.29. The number of carboxylic acids is 1. The van der Waals surface area contributed by atoms with Gasteiger partial charge in [0, 0.05) is 6.54 Å². The van der Waals surface area contributed by atoms with Gasteiger partial charge in [0.25, 0.3) is 5.91 Å². The van der Waals surface area contributed by atoms with Crippen molar-refractivity contribution in [2.45, 2.75) is 33.3 Å². The lowest BCUT2D eigenvalue weighted by Crippen LogP contribution is -2.40. The lowest BCUT2D eigenvalue weighted by molar-refractivity contribution is -0.142. The molecule has 1 aromatic rings. The Hall–Kier alpha value is -2.55. The van der Waals surface area contributed by atoms with Gasteiger partial charge in [0.05, 0.1) is 17.6 Å². The SMILES string of the molecule is CC(C)CC(CNC(=O)C(C)Oc1ccc(C#N)cc1)C(=O)O. The molecule has 2 N–H and O–H groups in total. The van der Waals surface area contributed by atoms with Gasteiger partial charge in [0.15, 0.2) is 6.10 Å². The highest BCUT2D eigenvalue weighted by atomic mass is 16.5. The first-order valence-electron chi connectivity index (χ1n) is 7.50. The number of nitrogens with one attached hydrogen (secondary N) is 1. The van der Waals surface area contributed by atoms with Gasteiger partial charge in [0.1, 0.15) is 5.75 Å². The van der Waals surface area contributed by atoms with E-state index in [1.54, 1.807) is 31.2 Å². The highest BCUT2D eigenvalue weighted by Crippen LogP contribution is 2.14. The van der Waals surface area contributed by atoms with Crippen molar-refractivity contribution in [1.29, 1.82) is 5.26 Å². The normalized spacial score (nSPS) is 13.0. The van der Waals surface area contributed by atoms with E-state index in [1.807, 2.05) is 19.9 Å². The van der Waals surface area contributed by atoms with Crippen LogP contribution in [0.1, 0.15) is 32.8 Å². The molecule has 124 valence electrons. The number of amides is 1. The summed E-state index contributed by atoms with van der Waals surface area (Å²) in [4.78, 5) is 23.2. The number of aliphatic carboxylic acids is 1. The van der Waals surface area contributed by atoms with E-state index >= 15 is 0 Å². The zero-order chi connectivity index (χ0) is 17.4. The van der Waals surface area contributed by atoms with Crippen molar-refractivity contribution in [3.63, 3.8) is 0 Å². The Morgan fingerprint density at radius 1 is 1.26 bits per heavy atom. The summed E-state index contributed by atoms with van der Waals surface area (Å²) in [5.41, 5.74) is 0.507. The van der Waals surface area contributed by atoms with Crippen LogP contribution in [0.4, 0.5) is 0 Å². The molecule has 1 aromatic carbocycles. The van der Waals surface area contributed by atoms with Gasteiger partial charge in [-0.05, 0) is 43.5 Å². The van der Waals surface area contributed by atoms with Crippen LogP contribution in [0.3, 0.4) is 0 Å². The number of nitriles is 1. The molecule has 0 heterocycles. The Morgan fingerprint density at radius 3 is 2.35 bits per heavy atom. The van der Waals surface area contributed by atoms with Crippen molar-refractivity contribution in [1.82, 2.24) is 5.32 Å². The number of ether oxygens (including phenoxy) is 1. The van der Waals surface area contributed by atoms with E-state index in [4.69, 9.17) is 15.1 Å². The molecule has 0 aliphatic rings. The Morgan fingerprint density at radius 2 is 1.87 bits per heavy atom. The van der Waals surface area contributed by atoms with Crippen LogP contribution in [0, 0.1) is 23.2 Å². The monoisotopic (exact) mass is 318 g/mol. The van der Waals surface area contributed by atoms with Gasteiger partial charge in [-0.1, -0.05) is 13.8 Å². The molecule has 0 bridgehead atoms. The summed E-state index contributed by atoms with van der Waals surface area (Å²) in [7, 11) is 0. The van der Waals surface area contributed by atoms with Gasteiger partial charge < -0.3 is 15.2 Å². The molecule has 0 fully saturated rings. The third kappa shape index (κ3) is 6.39. The summed E-state index contributed by atoms with van der Waals surface area (Å²) in [5.74, 6) is -1.19. The van der Waals surface area contributed by atoms with Crippen molar-refractivity contribution >= 4 is 11.9 Å². The van der Waals surface area contributed by atoms with Crippen LogP contribution in [-0.2, 0) is 9.59 Å². The lowest BCUT2D eigenvalue weighted by Gasteiger charge is -2.18. The smallest absolute Gasteiger partial charge is 0.308 e. The van der Waals surface area contributed by atoms with Crippen LogP contribution in [0.5, 0.6) is 5.75 Å². The second-order valence-electron chi connectivity index (χ2n) is 5.81. The molecular formula is C17H22N2O4. The average Bonchev–Trinajstić information content (AvgIpc) is 2.51. The molecule has 0 aliphatic heterocycles. The predicted molar refractivity (Wildman–Crippen MR) is 84.8 cm³/mol. The first-order valence-corrected chi connectivity index (χ1v) is 7.50. The van der Waals surface area contributed by atoms with E-state index in [0.29, 0.717) is 17.7 Å². The topological polar surface area (TPSA) is 99.4 Å². The number of nitrogens with zero attached hydrogens (tertiary/aromatic N) is 1. The maximum absolute atomic E-state index is 12.0. The van der Waals surface area contributed by atoms with Crippen LogP contribution in [0.2, 0.25) is 0 Å². The van der Waals surface area contributed by atoms with Crippen LogP contribution in [0.25, 0.3) is 0 Å². The Labute approximate surface area is 136 Å². The molecule has 2 atom stereocenters. The highest BCUT2D eigenvalue weighted by Gasteiger charge is 2.22.